The van der Waals surface area contributed by atoms with E-state index in [4.69, 9.17) is 0 Å². The highest BCUT2D eigenvalue weighted by molar-refractivity contribution is 5.83. The number of carbonyl (C=O) groups excluding carboxylic acids is 1. The third-order valence-corrected chi connectivity index (χ3v) is 6.89. The molecular weight excluding hydrogens is 415 g/mol. The van der Waals surface area contributed by atoms with Crippen LogP contribution in [0.1, 0.15) is 50.7 Å². The van der Waals surface area contributed by atoms with Crippen molar-refractivity contribution in [2.45, 2.75) is 64.2 Å². The minimum atomic E-state index is -0.232. The molecule has 2 aliphatic rings. The van der Waals surface area contributed by atoms with E-state index in [1.54, 1.807) is 6.07 Å². The van der Waals surface area contributed by atoms with Gasteiger partial charge in [0, 0.05) is 56.5 Å². The Balaban J connectivity index is 1.27. The Morgan fingerprint density at radius 1 is 1.09 bits per heavy atom. The molecule has 0 spiro atoms. The van der Waals surface area contributed by atoms with Crippen LogP contribution in [0, 0.1) is 5.82 Å². The predicted molar refractivity (Wildman–Crippen MR) is 132 cm³/mol. The smallest absolute Gasteiger partial charge is 0.229 e. The average molecular weight is 453 g/mol. The number of amides is 1. The van der Waals surface area contributed by atoms with Gasteiger partial charge in [-0.2, -0.15) is 0 Å². The molecule has 2 aromatic rings. The highest BCUT2D eigenvalue weighted by atomic mass is 19.1. The molecule has 2 heterocycles. The first-order valence-corrected chi connectivity index (χ1v) is 12.3. The second kappa shape index (κ2) is 10.7. The van der Waals surface area contributed by atoms with Gasteiger partial charge < -0.3 is 15.5 Å². The van der Waals surface area contributed by atoms with E-state index in [2.05, 4.69) is 53.6 Å². The summed E-state index contributed by atoms with van der Waals surface area (Å²) in [6.45, 7) is 11.0. The number of anilines is 1. The van der Waals surface area contributed by atoms with Crippen molar-refractivity contribution < 1.29 is 9.18 Å². The molecule has 0 saturated carbocycles. The highest BCUT2D eigenvalue weighted by Crippen LogP contribution is 2.23. The Kier molecular flexibility index (Phi) is 7.66. The summed E-state index contributed by atoms with van der Waals surface area (Å²) in [6.07, 6.45) is 1.74. The third kappa shape index (κ3) is 6.33. The molecule has 0 radical (unpaired) electrons. The number of hydrogen-bond donors (Lipinski definition) is 2. The summed E-state index contributed by atoms with van der Waals surface area (Å²) in [7, 11) is 0. The summed E-state index contributed by atoms with van der Waals surface area (Å²) >= 11 is 0. The van der Waals surface area contributed by atoms with Crippen molar-refractivity contribution >= 4 is 11.6 Å². The van der Waals surface area contributed by atoms with Gasteiger partial charge in [-0.1, -0.05) is 30.3 Å². The topological polar surface area (TPSA) is 47.6 Å². The van der Waals surface area contributed by atoms with E-state index in [0.29, 0.717) is 12.1 Å². The van der Waals surface area contributed by atoms with Crippen molar-refractivity contribution in [1.29, 1.82) is 0 Å². The van der Waals surface area contributed by atoms with Crippen molar-refractivity contribution in [2.24, 2.45) is 0 Å². The summed E-state index contributed by atoms with van der Waals surface area (Å²) in [5, 5.41) is 6.98. The van der Waals surface area contributed by atoms with Crippen LogP contribution in [-0.4, -0.2) is 60.0 Å². The summed E-state index contributed by atoms with van der Waals surface area (Å²) in [5.74, 6) is -0.188. The van der Waals surface area contributed by atoms with E-state index in [1.807, 2.05) is 17.9 Å². The lowest BCUT2D eigenvalue weighted by Gasteiger charge is -2.36. The van der Waals surface area contributed by atoms with Crippen molar-refractivity contribution in [3.05, 3.63) is 65.5 Å². The molecule has 2 saturated heterocycles. The van der Waals surface area contributed by atoms with E-state index >= 15 is 0 Å². The van der Waals surface area contributed by atoms with Gasteiger partial charge in [0.1, 0.15) is 5.82 Å². The monoisotopic (exact) mass is 452 g/mol. The number of piperidine rings is 1. The predicted octanol–water partition coefficient (Wildman–Crippen LogP) is 4.21. The molecule has 0 aliphatic carbocycles. The van der Waals surface area contributed by atoms with Crippen LogP contribution in [0.2, 0.25) is 0 Å². The Morgan fingerprint density at radius 2 is 1.76 bits per heavy atom. The fourth-order valence-electron chi connectivity index (χ4n) is 5.21. The van der Waals surface area contributed by atoms with Crippen LogP contribution in [0.15, 0.2) is 48.5 Å². The molecule has 3 atom stereocenters. The van der Waals surface area contributed by atoms with Crippen LogP contribution in [0.5, 0.6) is 0 Å². The van der Waals surface area contributed by atoms with Gasteiger partial charge in [0.15, 0.2) is 0 Å². The summed E-state index contributed by atoms with van der Waals surface area (Å²) in [6, 6.07) is 16.4. The highest BCUT2D eigenvalue weighted by Gasteiger charge is 2.27. The molecular formula is C27H37FN4O. The maximum atomic E-state index is 13.4. The Bertz CT molecular complexity index is 916. The maximum Gasteiger partial charge on any atom is 0.229 e. The molecule has 5 nitrogen and oxygen atoms in total. The van der Waals surface area contributed by atoms with Gasteiger partial charge in [-0.15, -0.1) is 0 Å². The van der Waals surface area contributed by atoms with Crippen LogP contribution >= 0.6 is 0 Å². The Morgan fingerprint density at radius 3 is 2.39 bits per heavy atom. The molecule has 4 rings (SSSR count). The second-order valence-corrected chi connectivity index (χ2v) is 9.88. The minimum absolute atomic E-state index is 0.147. The van der Waals surface area contributed by atoms with Crippen LogP contribution in [0.3, 0.4) is 0 Å². The maximum absolute atomic E-state index is 13.4. The zero-order valence-electron chi connectivity index (χ0n) is 20.1. The molecule has 0 aromatic heterocycles. The molecule has 2 aromatic carbocycles. The van der Waals surface area contributed by atoms with Crippen LogP contribution in [-0.2, 0) is 11.3 Å². The first-order valence-electron chi connectivity index (χ1n) is 12.3. The van der Waals surface area contributed by atoms with Crippen molar-refractivity contribution in [3.63, 3.8) is 0 Å². The molecule has 6 heteroatoms. The van der Waals surface area contributed by atoms with Gasteiger partial charge in [-0.3, -0.25) is 9.69 Å². The number of hydrogen-bond acceptors (Lipinski definition) is 4. The lowest BCUT2D eigenvalue weighted by molar-refractivity contribution is -0.133. The minimum Gasteiger partial charge on any atom is -0.382 e. The number of piperazine rings is 1. The first kappa shape index (κ1) is 23.7. The lowest BCUT2D eigenvalue weighted by Crippen LogP contribution is -2.53. The quantitative estimate of drug-likeness (QED) is 0.689. The number of benzene rings is 2. The number of nitrogens with one attached hydrogen (secondary N) is 2. The molecule has 0 bridgehead atoms. The van der Waals surface area contributed by atoms with Crippen LogP contribution in [0.4, 0.5) is 10.1 Å². The molecule has 178 valence electrons. The van der Waals surface area contributed by atoms with E-state index in [0.717, 1.165) is 56.8 Å². The van der Waals surface area contributed by atoms with E-state index in [9.17, 15) is 9.18 Å². The zero-order valence-corrected chi connectivity index (χ0v) is 20.1. The Hall–Kier alpha value is -2.44. The van der Waals surface area contributed by atoms with E-state index in [-0.39, 0.29) is 23.7 Å². The molecule has 2 fully saturated rings. The van der Waals surface area contributed by atoms with E-state index in [1.165, 1.54) is 17.7 Å². The van der Waals surface area contributed by atoms with Crippen LogP contribution in [0.25, 0.3) is 0 Å². The fourth-order valence-corrected chi connectivity index (χ4v) is 5.21. The SMILES string of the molecule is CC(C(=O)N1CCC(Nc2cccc(F)c2)CC1)c1ccc(CN2C[C@@H](C)N[C@@H](C)C2)cc1. The Labute approximate surface area is 197 Å². The van der Waals surface area contributed by atoms with Crippen molar-refractivity contribution in [1.82, 2.24) is 15.1 Å². The van der Waals surface area contributed by atoms with Gasteiger partial charge >= 0.3 is 0 Å². The van der Waals surface area contributed by atoms with Gasteiger partial charge in [0.2, 0.25) is 5.91 Å². The summed E-state index contributed by atoms with van der Waals surface area (Å²) in [4.78, 5) is 17.6. The number of carbonyl (C=O) groups is 1. The third-order valence-electron chi connectivity index (χ3n) is 6.89. The molecule has 1 amide bonds. The lowest BCUT2D eigenvalue weighted by atomic mass is 9.96. The van der Waals surface area contributed by atoms with Crippen molar-refractivity contribution in [3.8, 4) is 0 Å². The average Bonchev–Trinajstić information content (AvgIpc) is 2.78. The first-order chi connectivity index (χ1) is 15.9. The molecule has 33 heavy (non-hydrogen) atoms. The number of rotatable bonds is 6. The molecule has 2 N–H and O–H groups in total. The van der Waals surface area contributed by atoms with Crippen molar-refractivity contribution in [2.75, 3.05) is 31.5 Å². The molecule has 1 unspecified atom stereocenters. The number of nitrogens with zero attached hydrogens (tertiary/aromatic N) is 2. The summed E-state index contributed by atoms with van der Waals surface area (Å²) in [5.41, 5.74) is 3.17. The van der Waals surface area contributed by atoms with Gasteiger partial charge in [0.25, 0.3) is 0 Å². The second-order valence-electron chi connectivity index (χ2n) is 9.88. The van der Waals surface area contributed by atoms with Gasteiger partial charge in [-0.25, -0.2) is 4.39 Å². The number of likely N-dealkylation sites (tertiary alicyclic amines) is 1. The molecule has 2 aliphatic heterocycles. The summed E-state index contributed by atoms with van der Waals surface area (Å²) < 4.78 is 13.4. The van der Waals surface area contributed by atoms with E-state index < -0.39 is 0 Å². The number of halogens is 1. The standard InChI is InChI=1S/C27H37FN4O/c1-19-16-31(17-20(2)29-19)18-22-7-9-23(10-8-22)21(3)27(33)32-13-11-25(12-14-32)30-26-6-4-5-24(28)15-26/h4-10,15,19-21,25,29-30H,11-14,16-18H2,1-3H3/t19-,20+,21?. The van der Waals surface area contributed by atoms with Gasteiger partial charge in [-0.05, 0) is 62.9 Å². The largest absolute Gasteiger partial charge is 0.382 e. The zero-order chi connectivity index (χ0) is 23.4. The van der Waals surface area contributed by atoms with Crippen LogP contribution < -0.4 is 10.6 Å². The normalized spacial score (nSPS) is 23.3. The fraction of sp³-hybridized carbons (Fsp3) is 0.519. The van der Waals surface area contributed by atoms with Gasteiger partial charge in [0.05, 0.1) is 5.92 Å².